The van der Waals surface area contributed by atoms with E-state index in [2.05, 4.69) is 70.4 Å². The van der Waals surface area contributed by atoms with Crippen molar-refractivity contribution in [3.63, 3.8) is 0 Å². The molecule has 4 aromatic rings. The molecule has 0 saturated heterocycles. The van der Waals surface area contributed by atoms with Crippen LogP contribution in [0.25, 0.3) is 33.4 Å². The summed E-state index contributed by atoms with van der Waals surface area (Å²) in [5.41, 5.74) is 5.67. The van der Waals surface area contributed by atoms with Gasteiger partial charge in [-0.15, -0.1) is 0 Å². The zero-order chi connectivity index (χ0) is 14.2. The van der Waals surface area contributed by atoms with Crippen LogP contribution in [0.4, 0.5) is 0 Å². The van der Waals surface area contributed by atoms with Gasteiger partial charge in [0.1, 0.15) is 5.65 Å². The molecule has 0 bridgehead atoms. The molecule has 3 nitrogen and oxygen atoms in total. The highest BCUT2D eigenvalue weighted by molar-refractivity contribution is 5.88. The fourth-order valence-corrected chi connectivity index (χ4v) is 2.75. The Morgan fingerprint density at radius 1 is 0.952 bits per heavy atom. The summed E-state index contributed by atoms with van der Waals surface area (Å²) in [6.07, 6.45) is 6.11. The highest BCUT2D eigenvalue weighted by atomic mass is 14.9. The first kappa shape index (κ1) is 12.0. The third-order valence-electron chi connectivity index (χ3n) is 3.72. The Bertz CT molecular complexity index is 868. The molecule has 21 heavy (non-hydrogen) atoms. The van der Waals surface area contributed by atoms with Gasteiger partial charge in [-0.2, -0.15) is 0 Å². The van der Waals surface area contributed by atoms with Crippen LogP contribution in [0.3, 0.4) is 0 Å². The van der Waals surface area contributed by atoms with E-state index in [0.717, 1.165) is 16.7 Å². The second-order valence-corrected chi connectivity index (χ2v) is 5.24. The van der Waals surface area contributed by atoms with Crippen LogP contribution in [0.1, 0.15) is 0 Å². The zero-order valence-electron chi connectivity index (χ0n) is 11.7. The minimum Gasteiger partial charge on any atom is -0.356 e. The maximum Gasteiger partial charge on any atom is 0.137 e. The standard InChI is InChI=1S/C18H15N3/c1-21-11-15(13-6-3-2-4-7-13)16(12-21)17-10-14-8-5-9-19-18(14)20-17/h2-12H,1H3,(H,19,20). The number of hydrogen-bond donors (Lipinski definition) is 1. The van der Waals surface area contributed by atoms with Gasteiger partial charge in [-0.25, -0.2) is 4.98 Å². The summed E-state index contributed by atoms with van der Waals surface area (Å²) in [7, 11) is 2.05. The highest BCUT2D eigenvalue weighted by Crippen LogP contribution is 2.33. The van der Waals surface area contributed by atoms with E-state index in [1.807, 2.05) is 18.3 Å². The van der Waals surface area contributed by atoms with E-state index in [-0.39, 0.29) is 0 Å². The van der Waals surface area contributed by atoms with Crippen LogP contribution in [-0.4, -0.2) is 14.5 Å². The minimum absolute atomic E-state index is 0.926. The molecule has 0 radical (unpaired) electrons. The molecular weight excluding hydrogens is 258 g/mol. The molecule has 0 fully saturated rings. The number of fused-ring (bicyclic) bond motifs is 1. The number of aromatic nitrogens is 3. The Kier molecular flexibility index (Phi) is 2.64. The third-order valence-corrected chi connectivity index (χ3v) is 3.72. The number of aromatic amines is 1. The van der Waals surface area contributed by atoms with Crippen molar-refractivity contribution >= 4 is 11.0 Å². The molecule has 0 amide bonds. The zero-order valence-corrected chi connectivity index (χ0v) is 11.7. The lowest BCUT2D eigenvalue weighted by atomic mass is 10.0. The molecule has 3 heterocycles. The van der Waals surface area contributed by atoms with E-state index in [1.54, 1.807) is 0 Å². The molecule has 0 aliphatic heterocycles. The maximum absolute atomic E-state index is 4.37. The first-order valence-corrected chi connectivity index (χ1v) is 6.97. The number of pyridine rings is 1. The van der Waals surface area contributed by atoms with Crippen LogP contribution in [0.2, 0.25) is 0 Å². The predicted octanol–water partition coefficient (Wildman–Crippen LogP) is 4.24. The van der Waals surface area contributed by atoms with Gasteiger partial charge in [0.2, 0.25) is 0 Å². The molecule has 4 rings (SSSR count). The molecule has 0 spiro atoms. The van der Waals surface area contributed by atoms with Crippen molar-refractivity contribution in [1.82, 2.24) is 14.5 Å². The van der Waals surface area contributed by atoms with E-state index in [4.69, 9.17) is 0 Å². The lowest BCUT2D eigenvalue weighted by Gasteiger charge is -2.01. The molecule has 0 aliphatic carbocycles. The minimum atomic E-state index is 0.926. The number of rotatable bonds is 2. The molecule has 0 unspecified atom stereocenters. The van der Waals surface area contributed by atoms with Crippen molar-refractivity contribution in [3.8, 4) is 22.4 Å². The first-order chi connectivity index (χ1) is 10.3. The van der Waals surface area contributed by atoms with Gasteiger partial charge in [0.15, 0.2) is 0 Å². The van der Waals surface area contributed by atoms with Crippen molar-refractivity contribution < 1.29 is 0 Å². The average Bonchev–Trinajstić information content (AvgIpc) is 3.11. The average molecular weight is 273 g/mol. The summed E-state index contributed by atoms with van der Waals surface area (Å²) in [5.74, 6) is 0. The van der Waals surface area contributed by atoms with Crippen molar-refractivity contribution in [2.75, 3.05) is 0 Å². The number of aryl methyl sites for hydroxylation is 1. The van der Waals surface area contributed by atoms with Gasteiger partial charge in [0, 0.05) is 47.8 Å². The summed E-state index contributed by atoms with van der Waals surface area (Å²) in [6, 6.07) is 16.6. The fraction of sp³-hybridized carbons (Fsp3) is 0.0556. The van der Waals surface area contributed by atoms with Crippen molar-refractivity contribution in [2.45, 2.75) is 0 Å². The molecular formula is C18H15N3. The second-order valence-electron chi connectivity index (χ2n) is 5.24. The Labute approximate surface area is 122 Å². The van der Waals surface area contributed by atoms with Gasteiger partial charge in [-0.3, -0.25) is 0 Å². The van der Waals surface area contributed by atoms with Crippen molar-refractivity contribution in [1.29, 1.82) is 0 Å². The molecule has 0 atom stereocenters. The van der Waals surface area contributed by atoms with Crippen LogP contribution in [0.15, 0.2) is 67.1 Å². The van der Waals surface area contributed by atoms with Gasteiger partial charge in [0.25, 0.3) is 0 Å². The molecule has 0 aliphatic rings. The number of hydrogen-bond acceptors (Lipinski definition) is 1. The summed E-state index contributed by atoms with van der Waals surface area (Å²) in [4.78, 5) is 7.79. The van der Waals surface area contributed by atoms with Crippen LogP contribution in [0.5, 0.6) is 0 Å². The first-order valence-electron chi connectivity index (χ1n) is 6.97. The van der Waals surface area contributed by atoms with Gasteiger partial charge in [-0.1, -0.05) is 30.3 Å². The SMILES string of the molecule is Cn1cc(-c2ccccc2)c(-c2cc3cccnc3[nH]2)c1. The van der Waals surface area contributed by atoms with Gasteiger partial charge >= 0.3 is 0 Å². The normalized spacial score (nSPS) is 11.1. The van der Waals surface area contributed by atoms with Gasteiger partial charge in [0.05, 0.1) is 0 Å². The topological polar surface area (TPSA) is 33.6 Å². The van der Waals surface area contributed by atoms with Crippen LogP contribution in [-0.2, 0) is 7.05 Å². The summed E-state index contributed by atoms with van der Waals surface area (Å²) < 4.78 is 2.09. The molecule has 102 valence electrons. The summed E-state index contributed by atoms with van der Waals surface area (Å²) >= 11 is 0. The lowest BCUT2D eigenvalue weighted by Crippen LogP contribution is -1.80. The fourth-order valence-electron chi connectivity index (χ4n) is 2.75. The van der Waals surface area contributed by atoms with E-state index < -0.39 is 0 Å². The highest BCUT2D eigenvalue weighted by Gasteiger charge is 2.12. The van der Waals surface area contributed by atoms with Crippen LogP contribution >= 0.6 is 0 Å². The van der Waals surface area contributed by atoms with Crippen LogP contribution < -0.4 is 0 Å². The number of nitrogens with zero attached hydrogens (tertiary/aromatic N) is 2. The summed E-state index contributed by atoms with van der Waals surface area (Å²) in [6.45, 7) is 0. The van der Waals surface area contributed by atoms with E-state index in [1.165, 1.54) is 16.7 Å². The Morgan fingerprint density at radius 2 is 1.76 bits per heavy atom. The van der Waals surface area contributed by atoms with Crippen molar-refractivity contribution in [3.05, 3.63) is 67.1 Å². The summed E-state index contributed by atoms with van der Waals surface area (Å²) in [5, 5.41) is 1.13. The van der Waals surface area contributed by atoms with Gasteiger partial charge < -0.3 is 9.55 Å². The van der Waals surface area contributed by atoms with E-state index in [9.17, 15) is 0 Å². The molecule has 1 aromatic carbocycles. The molecule has 3 aromatic heterocycles. The van der Waals surface area contributed by atoms with E-state index in [0.29, 0.717) is 0 Å². The largest absolute Gasteiger partial charge is 0.356 e. The Morgan fingerprint density at radius 3 is 2.57 bits per heavy atom. The Hall–Kier alpha value is -2.81. The molecule has 1 N–H and O–H groups in total. The molecule has 3 heteroatoms. The van der Waals surface area contributed by atoms with Crippen LogP contribution in [0, 0.1) is 0 Å². The Balaban J connectivity index is 1.92. The van der Waals surface area contributed by atoms with E-state index >= 15 is 0 Å². The number of benzene rings is 1. The monoisotopic (exact) mass is 273 g/mol. The smallest absolute Gasteiger partial charge is 0.137 e. The van der Waals surface area contributed by atoms with Gasteiger partial charge in [-0.05, 0) is 23.8 Å². The van der Waals surface area contributed by atoms with Crippen molar-refractivity contribution in [2.24, 2.45) is 7.05 Å². The third kappa shape index (κ3) is 2.03. The quantitative estimate of drug-likeness (QED) is 0.582. The maximum atomic E-state index is 4.37. The lowest BCUT2D eigenvalue weighted by molar-refractivity contribution is 0.929. The second kappa shape index (κ2) is 4.63. The predicted molar refractivity (Wildman–Crippen MR) is 85.9 cm³/mol. The molecule has 0 saturated carbocycles. The number of nitrogens with one attached hydrogen (secondary N) is 1. The number of H-pyrrole nitrogens is 1.